The molecule has 3 amide bonds. The van der Waals surface area contributed by atoms with Gasteiger partial charge < -0.3 is 19.1 Å². The van der Waals surface area contributed by atoms with Crippen LogP contribution in [-0.2, 0) is 9.59 Å². The molecule has 3 heterocycles. The highest BCUT2D eigenvalue weighted by molar-refractivity contribution is 6.42. The molecule has 0 saturated carbocycles. The van der Waals surface area contributed by atoms with Gasteiger partial charge >= 0.3 is 0 Å². The molecule has 2 atom stereocenters. The van der Waals surface area contributed by atoms with Crippen molar-refractivity contribution in [2.45, 2.75) is 38.1 Å². The van der Waals surface area contributed by atoms with Crippen LogP contribution in [0.2, 0.25) is 10.0 Å². The van der Waals surface area contributed by atoms with Crippen LogP contribution in [0.5, 0.6) is 0 Å². The highest BCUT2D eigenvalue weighted by Crippen LogP contribution is 2.35. The Morgan fingerprint density at radius 2 is 1.71 bits per heavy atom. The quantitative estimate of drug-likeness (QED) is 0.620. The first kappa shape index (κ1) is 24.6. The summed E-state index contributed by atoms with van der Waals surface area (Å²) in [6.45, 7) is 3.82. The van der Waals surface area contributed by atoms with Gasteiger partial charge in [0.15, 0.2) is 5.76 Å². The van der Waals surface area contributed by atoms with Crippen LogP contribution in [0.3, 0.4) is 0 Å². The molecule has 2 aliphatic heterocycles. The van der Waals surface area contributed by atoms with Crippen LogP contribution in [0.15, 0.2) is 41.0 Å². The largest absolute Gasteiger partial charge is 0.459 e. The summed E-state index contributed by atoms with van der Waals surface area (Å²) in [4.78, 5) is 43.5. The van der Waals surface area contributed by atoms with Crippen LogP contribution in [-0.4, -0.2) is 71.7 Å². The minimum atomic E-state index is -0.198. The van der Waals surface area contributed by atoms with Crippen LogP contribution < -0.4 is 0 Å². The van der Waals surface area contributed by atoms with Crippen molar-refractivity contribution >= 4 is 40.9 Å². The molecule has 7 nitrogen and oxygen atoms in total. The van der Waals surface area contributed by atoms with Gasteiger partial charge in [0.05, 0.1) is 16.3 Å². The maximum absolute atomic E-state index is 13.4. The third-order valence-corrected chi connectivity index (χ3v) is 7.84. The summed E-state index contributed by atoms with van der Waals surface area (Å²) < 4.78 is 5.32. The van der Waals surface area contributed by atoms with E-state index in [0.29, 0.717) is 55.5 Å². The molecular formula is C25H29Cl2N3O4. The molecule has 1 aromatic heterocycles. The van der Waals surface area contributed by atoms with Crippen LogP contribution >= 0.6 is 23.2 Å². The lowest BCUT2D eigenvalue weighted by atomic mass is 9.84. The second kappa shape index (κ2) is 10.4. The van der Waals surface area contributed by atoms with Gasteiger partial charge in [-0.05, 0) is 49.1 Å². The van der Waals surface area contributed by atoms with Gasteiger partial charge in [-0.25, -0.2) is 0 Å². The van der Waals surface area contributed by atoms with Crippen LogP contribution in [0, 0.1) is 5.92 Å². The van der Waals surface area contributed by atoms with E-state index in [1.807, 2.05) is 17.0 Å². The molecule has 0 spiro atoms. The zero-order chi connectivity index (χ0) is 24.4. The van der Waals surface area contributed by atoms with Crippen LogP contribution in [0.25, 0.3) is 0 Å². The second-order valence-corrected chi connectivity index (χ2v) is 9.91. The predicted octanol–water partition coefficient (Wildman–Crippen LogP) is 4.30. The summed E-state index contributed by atoms with van der Waals surface area (Å²) in [7, 11) is 1.77. The van der Waals surface area contributed by atoms with Gasteiger partial charge in [0, 0.05) is 58.0 Å². The molecule has 0 aliphatic carbocycles. The number of furan rings is 1. The Morgan fingerprint density at radius 1 is 1.00 bits per heavy atom. The van der Waals surface area contributed by atoms with E-state index in [1.54, 1.807) is 42.0 Å². The van der Waals surface area contributed by atoms with Crippen LogP contribution in [0.1, 0.15) is 48.2 Å². The zero-order valence-electron chi connectivity index (χ0n) is 19.4. The number of likely N-dealkylation sites (N-methyl/N-ethyl adjacent to an activating group) is 1. The Hall–Kier alpha value is -2.51. The fourth-order valence-corrected chi connectivity index (χ4v) is 5.40. The second-order valence-electron chi connectivity index (χ2n) is 9.09. The number of carbonyl (C=O) groups excluding carboxylic acids is 3. The molecule has 0 radical (unpaired) electrons. The first-order valence-electron chi connectivity index (χ1n) is 11.6. The number of nitrogens with zero attached hydrogens (tertiary/aromatic N) is 3. The average molecular weight is 506 g/mol. The topological polar surface area (TPSA) is 74.1 Å². The van der Waals surface area contributed by atoms with Crippen molar-refractivity contribution in [3.05, 3.63) is 58.0 Å². The van der Waals surface area contributed by atoms with E-state index in [0.717, 1.165) is 5.56 Å². The van der Waals surface area contributed by atoms with Gasteiger partial charge in [-0.2, -0.15) is 0 Å². The molecule has 0 N–H and O–H groups in total. The SMILES string of the molecule is CC(=O)N1CCC(C(=O)N2CCC(N(C)C(=O)c3ccco3)C(c3ccc(Cl)c(Cl)c3)C2)CC1. The third kappa shape index (κ3) is 5.10. The number of carbonyl (C=O) groups is 3. The number of hydrogen-bond acceptors (Lipinski definition) is 4. The molecular weight excluding hydrogens is 477 g/mol. The number of likely N-dealkylation sites (tertiary alicyclic amines) is 2. The first-order valence-corrected chi connectivity index (χ1v) is 12.3. The van der Waals surface area contributed by atoms with Gasteiger partial charge in [-0.3, -0.25) is 14.4 Å². The van der Waals surface area contributed by atoms with Crippen LogP contribution in [0.4, 0.5) is 0 Å². The highest BCUT2D eigenvalue weighted by atomic mass is 35.5. The number of hydrogen-bond donors (Lipinski definition) is 0. The Bertz CT molecular complexity index is 1050. The van der Waals surface area contributed by atoms with Crippen molar-refractivity contribution in [3.8, 4) is 0 Å². The molecule has 9 heteroatoms. The van der Waals surface area contributed by atoms with E-state index >= 15 is 0 Å². The Labute approximate surface area is 209 Å². The number of piperidine rings is 2. The number of rotatable bonds is 4. The molecule has 1 aromatic carbocycles. The Morgan fingerprint density at radius 3 is 2.32 bits per heavy atom. The summed E-state index contributed by atoms with van der Waals surface area (Å²) in [6, 6.07) is 8.69. The number of benzene rings is 1. The molecule has 4 rings (SSSR count). The minimum Gasteiger partial charge on any atom is -0.459 e. The minimum absolute atomic E-state index is 0.0515. The molecule has 0 bridgehead atoms. The standard InChI is InChI=1S/C25H29Cl2N3O4/c1-16(31)29-10-7-17(8-11-29)24(32)30-12-9-22(28(2)25(33)23-4-3-13-34-23)19(15-30)18-5-6-20(26)21(27)14-18/h3-6,13-14,17,19,22H,7-12,15H2,1-2H3. The average Bonchev–Trinajstić information content (AvgIpc) is 3.39. The summed E-state index contributed by atoms with van der Waals surface area (Å²) in [5.41, 5.74) is 0.933. The fourth-order valence-electron chi connectivity index (χ4n) is 5.10. The number of amides is 3. The van der Waals surface area contributed by atoms with Crippen molar-refractivity contribution in [2.75, 3.05) is 33.2 Å². The zero-order valence-corrected chi connectivity index (χ0v) is 20.9. The smallest absolute Gasteiger partial charge is 0.289 e. The molecule has 2 aromatic rings. The Balaban J connectivity index is 1.54. The van der Waals surface area contributed by atoms with Crippen molar-refractivity contribution in [1.82, 2.24) is 14.7 Å². The lowest BCUT2D eigenvalue weighted by Crippen LogP contribution is -2.53. The third-order valence-electron chi connectivity index (χ3n) is 7.10. The van der Waals surface area contributed by atoms with E-state index in [4.69, 9.17) is 27.6 Å². The summed E-state index contributed by atoms with van der Waals surface area (Å²) in [5, 5.41) is 0.904. The van der Waals surface area contributed by atoms with Gasteiger partial charge in [-0.15, -0.1) is 0 Å². The van der Waals surface area contributed by atoms with Crippen molar-refractivity contribution in [3.63, 3.8) is 0 Å². The summed E-state index contributed by atoms with van der Waals surface area (Å²) in [6.07, 6.45) is 3.46. The van der Waals surface area contributed by atoms with Gasteiger partial charge in [-0.1, -0.05) is 29.3 Å². The molecule has 34 heavy (non-hydrogen) atoms. The molecule has 2 aliphatic rings. The van der Waals surface area contributed by atoms with E-state index in [1.165, 1.54) is 6.26 Å². The van der Waals surface area contributed by atoms with Gasteiger partial charge in [0.2, 0.25) is 11.8 Å². The Kier molecular flexibility index (Phi) is 7.53. The van der Waals surface area contributed by atoms with E-state index in [-0.39, 0.29) is 41.4 Å². The van der Waals surface area contributed by atoms with Crippen molar-refractivity contribution in [2.24, 2.45) is 5.92 Å². The fraction of sp³-hybridized carbons (Fsp3) is 0.480. The lowest BCUT2D eigenvalue weighted by molar-refractivity contribution is -0.141. The van der Waals surface area contributed by atoms with Gasteiger partial charge in [0.1, 0.15) is 0 Å². The van der Waals surface area contributed by atoms with E-state index in [2.05, 4.69) is 0 Å². The normalized spacial score (nSPS) is 21.4. The maximum Gasteiger partial charge on any atom is 0.289 e. The van der Waals surface area contributed by atoms with E-state index < -0.39 is 0 Å². The van der Waals surface area contributed by atoms with E-state index in [9.17, 15) is 14.4 Å². The molecule has 182 valence electrons. The predicted molar refractivity (Wildman–Crippen MR) is 130 cm³/mol. The highest BCUT2D eigenvalue weighted by Gasteiger charge is 2.39. The summed E-state index contributed by atoms with van der Waals surface area (Å²) in [5.74, 6) is 0.0303. The lowest BCUT2D eigenvalue weighted by Gasteiger charge is -2.44. The van der Waals surface area contributed by atoms with Crippen molar-refractivity contribution in [1.29, 1.82) is 0 Å². The number of halogens is 2. The maximum atomic E-state index is 13.4. The summed E-state index contributed by atoms with van der Waals surface area (Å²) >= 11 is 12.5. The molecule has 2 saturated heterocycles. The monoisotopic (exact) mass is 505 g/mol. The van der Waals surface area contributed by atoms with Crippen molar-refractivity contribution < 1.29 is 18.8 Å². The first-order chi connectivity index (χ1) is 16.3. The molecule has 2 fully saturated rings. The molecule has 2 unspecified atom stereocenters. The van der Waals surface area contributed by atoms with Gasteiger partial charge in [0.25, 0.3) is 5.91 Å².